The van der Waals surface area contributed by atoms with Gasteiger partial charge in [0.05, 0.1) is 0 Å². The Balaban J connectivity index is 2.07. The average molecular weight is 252 g/mol. The highest BCUT2D eigenvalue weighted by atomic mass is 35.5. The summed E-state index contributed by atoms with van der Waals surface area (Å²) in [6.07, 6.45) is 6.95. The number of thioether (sulfide) groups is 1. The lowest BCUT2D eigenvalue weighted by atomic mass is 10.3. The largest absolute Gasteiger partial charge is 0.345 e. The van der Waals surface area contributed by atoms with Crippen LogP contribution in [0.2, 0.25) is 5.15 Å². The summed E-state index contributed by atoms with van der Waals surface area (Å²) in [5, 5.41) is 1.43. The highest BCUT2D eigenvalue weighted by Gasteiger charge is 2.19. The number of pyridine rings is 1. The minimum atomic E-state index is 0.511. The molecular formula is C11H10ClN3S. The second-order valence-electron chi connectivity index (χ2n) is 3.28. The molecule has 0 saturated carbocycles. The van der Waals surface area contributed by atoms with E-state index in [0.717, 1.165) is 29.6 Å². The van der Waals surface area contributed by atoms with Crippen molar-refractivity contribution in [1.29, 1.82) is 0 Å². The molecule has 5 heteroatoms. The lowest BCUT2D eigenvalue weighted by Crippen LogP contribution is -2.23. The van der Waals surface area contributed by atoms with Crippen LogP contribution in [0.1, 0.15) is 5.56 Å². The first-order valence-corrected chi connectivity index (χ1v) is 6.17. The summed E-state index contributed by atoms with van der Waals surface area (Å²) in [4.78, 5) is 10.2. The summed E-state index contributed by atoms with van der Waals surface area (Å²) in [5.41, 5.74) is 1.11. The molecular weight excluding hydrogens is 242 g/mol. The van der Waals surface area contributed by atoms with Gasteiger partial charge in [-0.15, -0.1) is 0 Å². The molecule has 0 unspecified atom stereocenters. The zero-order valence-corrected chi connectivity index (χ0v) is 10.1. The van der Waals surface area contributed by atoms with E-state index in [1.165, 1.54) is 0 Å². The van der Waals surface area contributed by atoms with Gasteiger partial charge in [-0.25, -0.2) is 4.98 Å². The average Bonchev–Trinajstić information content (AvgIpc) is 2.70. The minimum Gasteiger partial charge on any atom is -0.345 e. The third kappa shape index (κ3) is 2.69. The monoisotopic (exact) mass is 251 g/mol. The van der Waals surface area contributed by atoms with E-state index in [1.54, 1.807) is 24.0 Å². The Kier molecular flexibility index (Phi) is 3.70. The van der Waals surface area contributed by atoms with Gasteiger partial charge in [0.25, 0.3) is 0 Å². The molecule has 1 aromatic heterocycles. The molecule has 1 fully saturated rings. The van der Waals surface area contributed by atoms with Crippen LogP contribution < -0.4 is 0 Å². The van der Waals surface area contributed by atoms with Crippen LogP contribution >= 0.6 is 23.4 Å². The fraction of sp³-hybridized carbons (Fsp3) is 0.273. The van der Waals surface area contributed by atoms with E-state index in [2.05, 4.69) is 20.9 Å². The fourth-order valence-electron chi connectivity index (χ4n) is 1.46. The Morgan fingerprint density at radius 1 is 1.62 bits per heavy atom. The van der Waals surface area contributed by atoms with E-state index in [9.17, 15) is 0 Å². The third-order valence-electron chi connectivity index (χ3n) is 2.19. The minimum absolute atomic E-state index is 0.511. The summed E-state index contributed by atoms with van der Waals surface area (Å²) in [6, 6.07) is 6.08. The van der Waals surface area contributed by atoms with Gasteiger partial charge in [0.1, 0.15) is 5.15 Å². The van der Waals surface area contributed by atoms with Crippen molar-refractivity contribution >= 4 is 28.5 Å². The van der Waals surface area contributed by atoms with E-state index in [1.807, 2.05) is 6.07 Å². The van der Waals surface area contributed by atoms with E-state index in [4.69, 9.17) is 18.0 Å². The topological polar surface area (TPSA) is 28.5 Å². The molecule has 1 aliphatic heterocycles. The molecule has 16 heavy (non-hydrogen) atoms. The normalized spacial score (nSPS) is 17.8. The second kappa shape index (κ2) is 5.24. The number of terminal acetylenes is 1. The third-order valence-corrected chi connectivity index (χ3v) is 3.40. The van der Waals surface area contributed by atoms with Gasteiger partial charge in [-0.1, -0.05) is 35.9 Å². The molecule has 0 aromatic carbocycles. The van der Waals surface area contributed by atoms with Crippen LogP contribution in [-0.2, 0) is 6.54 Å². The Morgan fingerprint density at radius 3 is 3.19 bits per heavy atom. The van der Waals surface area contributed by atoms with Crippen molar-refractivity contribution in [3.8, 4) is 12.5 Å². The van der Waals surface area contributed by atoms with Crippen molar-refractivity contribution in [1.82, 2.24) is 9.88 Å². The second-order valence-corrected chi connectivity index (χ2v) is 4.73. The van der Waals surface area contributed by atoms with Crippen LogP contribution in [0.5, 0.6) is 0 Å². The fourth-order valence-corrected chi connectivity index (χ4v) is 2.52. The van der Waals surface area contributed by atoms with Crippen LogP contribution in [0.3, 0.4) is 0 Å². The SMILES string of the molecule is C#C/N=C1\SCCN1Cc1ccc(Cl)nc1. The van der Waals surface area contributed by atoms with Crippen molar-refractivity contribution in [2.75, 3.05) is 12.3 Å². The van der Waals surface area contributed by atoms with Crippen molar-refractivity contribution in [2.24, 2.45) is 4.99 Å². The Morgan fingerprint density at radius 2 is 2.50 bits per heavy atom. The zero-order valence-electron chi connectivity index (χ0n) is 8.56. The van der Waals surface area contributed by atoms with Crippen LogP contribution in [0.15, 0.2) is 23.3 Å². The van der Waals surface area contributed by atoms with Crippen molar-refractivity contribution in [3.05, 3.63) is 29.0 Å². The number of aliphatic imine (C=N–C) groups is 1. The first-order valence-electron chi connectivity index (χ1n) is 4.81. The van der Waals surface area contributed by atoms with Gasteiger partial charge in [-0.05, 0) is 11.6 Å². The number of nitrogens with zero attached hydrogens (tertiary/aromatic N) is 3. The molecule has 0 spiro atoms. The van der Waals surface area contributed by atoms with Crippen LogP contribution in [0.4, 0.5) is 0 Å². The number of hydrogen-bond acceptors (Lipinski definition) is 3. The number of rotatable bonds is 2. The molecule has 0 bridgehead atoms. The lowest BCUT2D eigenvalue weighted by molar-refractivity contribution is 0.456. The van der Waals surface area contributed by atoms with Gasteiger partial charge in [0.2, 0.25) is 0 Å². The van der Waals surface area contributed by atoms with Gasteiger partial charge in [0, 0.05) is 31.1 Å². The first kappa shape index (κ1) is 11.3. The molecule has 1 aliphatic rings. The summed E-state index contributed by atoms with van der Waals surface area (Å²) >= 11 is 7.41. The molecule has 1 aromatic rings. The zero-order chi connectivity index (χ0) is 11.4. The van der Waals surface area contributed by atoms with E-state index in [0.29, 0.717) is 5.15 Å². The maximum atomic E-state index is 5.73. The summed E-state index contributed by atoms with van der Waals surface area (Å²) in [6.45, 7) is 1.74. The Bertz CT molecular complexity index is 436. The first-order chi connectivity index (χ1) is 7.79. The predicted molar refractivity (Wildman–Crippen MR) is 68.4 cm³/mol. The van der Waals surface area contributed by atoms with Gasteiger partial charge < -0.3 is 4.90 Å². The molecule has 0 atom stereocenters. The maximum Gasteiger partial charge on any atom is 0.174 e. The summed E-state index contributed by atoms with van der Waals surface area (Å²) in [5.74, 6) is 1.03. The highest BCUT2D eigenvalue weighted by Crippen LogP contribution is 2.20. The van der Waals surface area contributed by atoms with E-state index >= 15 is 0 Å². The molecule has 0 radical (unpaired) electrons. The van der Waals surface area contributed by atoms with E-state index in [-0.39, 0.29) is 0 Å². The summed E-state index contributed by atoms with van der Waals surface area (Å²) in [7, 11) is 0. The molecule has 2 heterocycles. The number of amidine groups is 1. The van der Waals surface area contributed by atoms with Crippen LogP contribution in [-0.4, -0.2) is 27.3 Å². The molecule has 2 rings (SSSR count). The van der Waals surface area contributed by atoms with Crippen molar-refractivity contribution < 1.29 is 0 Å². The Hall–Kier alpha value is -1.18. The quantitative estimate of drug-likeness (QED) is 0.596. The predicted octanol–water partition coefficient (Wildman–Crippen LogP) is 2.23. The maximum absolute atomic E-state index is 5.73. The van der Waals surface area contributed by atoms with E-state index < -0.39 is 0 Å². The van der Waals surface area contributed by atoms with Crippen LogP contribution in [0.25, 0.3) is 0 Å². The molecule has 0 N–H and O–H groups in total. The summed E-state index contributed by atoms with van der Waals surface area (Å²) < 4.78 is 0. The Labute approximate surface area is 104 Å². The molecule has 1 saturated heterocycles. The lowest BCUT2D eigenvalue weighted by Gasteiger charge is -2.16. The number of aromatic nitrogens is 1. The number of halogens is 1. The van der Waals surface area contributed by atoms with Gasteiger partial charge in [0.15, 0.2) is 5.17 Å². The highest BCUT2D eigenvalue weighted by molar-refractivity contribution is 8.14. The number of hydrogen-bond donors (Lipinski definition) is 0. The smallest absolute Gasteiger partial charge is 0.174 e. The molecule has 3 nitrogen and oxygen atoms in total. The van der Waals surface area contributed by atoms with Crippen molar-refractivity contribution in [3.63, 3.8) is 0 Å². The molecule has 0 amide bonds. The van der Waals surface area contributed by atoms with Gasteiger partial charge >= 0.3 is 0 Å². The molecule has 82 valence electrons. The standard InChI is InChI=1S/C11H10ClN3S/c1-2-13-11-15(5-6-16-11)8-9-3-4-10(12)14-7-9/h1,3-4,7H,5-6,8H2/b13-11-. The van der Waals surface area contributed by atoms with Gasteiger partial charge in [-0.3, -0.25) is 0 Å². The molecule has 0 aliphatic carbocycles. The van der Waals surface area contributed by atoms with Crippen LogP contribution in [0, 0.1) is 12.5 Å². The van der Waals surface area contributed by atoms with Crippen molar-refractivity contribution in [2.45, 2.75) is 6.54 Å². The van der Waals surface area contributed by atoms with Gasteiger partial charge in [-0.2, -0.15) is 4.99 Å².